The van der Waals surface area contributed by atoms with Crippen LogP contribution in [-0.2, 0) is 9.59 Å². The third kappa shape index (κ3) is 8.09. The molecule has 11 heteroatoms. The zero-order valence-corrected chi connectivity index (χ0v) is 21.4. The Morgan fingerprint density at radius 1 is 1.00 bits per heavy atom. The minimum absolute atomic E-state index is 0.0150. The summed E-state index contributed by atoms with van der Waals surface area (Å²) < 4.78 is 5.53. The van der Waals surface area contributed by atoms with Gasteiger partial charge in [-0.1, -0.05) is 42.5 Å². The van der Waals surface area contributed by atoms with Crippen molar-refractivity contribution in [2.24, 2.45) is 5.92 Å². The van der Waals surface area contributed by atoms with Gasteiger partial charge in [0, 0.05) is 22.2 Å². The predicted molar refractivity (Wildman–Crippen MR) is 140 cm³/mol. The number of carbonyl (C=O) groups excluding carboxylic acids is 3. The molecule has 1 aliphatic rings. The quantitative estimate of drug-likeness (QED) is 0.317. The Morgan fingerprint density at radius 3 is 2.34 bits per heavy atom. The van der Waals surface area contributed by atoms with E-state index in [9.17, 15) is 14.4 Å². The monoisotopic (exact) mass is 536 g/mol. The standard InChI is InChI=1S/C24H26Cl2N4O4S/c1-14(34-20-12-9-17(25)13-19(20)26)21(31)28-24(35)30-29-23(33)16-7-10-18(11-8-16)27-22(32)15-5-3-2-4-6-15/h7-15H,2-6H2,1H3,(H,27,32)(H,29,33)(H2,28,30,31,35). The SMILES string of the molecule is CC(Oc1ccc(Cl)cc1Cl)C(=O)NC(=S)NNC(=O)c1ccc(NC(=O)C2CCCCC2)cc1. The van der Waals surface area contributed by atoms with Gasteiger partial charge in [-0.15, -0.1) is 0 Å². The van der Waals surface area contributed by atoms with Gasteiger partial charge in [-0.05, 0) is 74.4 Å². The van der Waals surface area contributed by atoms with Crippen molar-refractivity contribution in [2.45, 2.75) is 45.1 Å². The highest BCUT2D eigenvalue weighted by Gasteiger charge is 2.21. The highest BCUT2D eigenvalue weighted by Crippen LogP contribution is 2.28. The summed E-state index contributed by atoms with van der Waals surface area (Å²) in [5.41, 5.74) is 5.85. The highest BCUT2D eigenvalue weighted by molar-refractivity contribution is 7.80. The molecule has 2 aromatic rings. The summed E-state index contributed by atoms with van der Waals surface area (Å²) in [6, 6.07) is 11.1. The maximum atomic E-state index is 12.4. The number of rotatable bonds is 6. The Morgan fingerprint density at radius 2 is 1.69 bits per heavy atom. The van der Waals surface area contributed by atoms with E-state index in [0.717, 1.165) is 25.7 Å². The van der Waals surface area contributed by atoms with Crippen molar-refractivity contribution in [1.82, 2.24) is 16.2 Å². The van der Waals surface area contributed by atoms with Crippen LogP contribution in [0.2, 0.25) is 10.0 Å². The molecule has 1 atom stereocenters. The first-order valence-electron chi connectivity index (χ1n) is 11.2. The molecule has 35 heavy (non-hydrogen) atoms. The number of amides is 3. The number of hydrogen-bond donors (Lipinski definition) is 4. The second-order valence-electron chi connectivity index (χ2n) is 8.13. The first-order chi connectivity index (χ1) is 16.7. The summed E-state index contributed by atoms with van der Waals surface area (Å²) in [6.45, 7) is 1.52. The molecule has 1 unspecified atom stereocenters. The van der Waals surface area contributed by atoms with Crippen LogP contribution in [0.1, 0.15) is 49.4 Å². The molecule has 0 spiro atoms. The van der Waals surface area contributed by atoms with Gasteiger partial charge in [-0.2, -0.15) is 0 Å². The maximum absolute atomic E-state index is 12.4. The summed E-state index contributed by atoms with van der Waals surface area (Å²) in [5, 5.41) is 5.93. The third-order valence-electron chi connectivity index (χ3n) is 5.48. The van der Waals surface area contributed by atoms with Gasteiger partial charge in [0.1, 0.15) is 5.75 Å². The number of hydrazine groups is 1. The summed E-state index contributed by atoms with van der Waals surface area (Å²) in [6.07, 6.45) is 4.24. The number of thiocarbonyl (C=S) groups is 1. The Bertz CT molecular complexity index is 1090. The smallest absolute Gasteiger partial charge is 0.269 e. The maximum Gasteiger partial charge on any atom is 0.269 e. The van der Waals surface area contributed by atoms with Crippen molar-refractivity contribution in [1.29, 1.82) is 0 Å². The fourth-order valence-electron chi connectivity index (χ4n) is 3.56. The first-order valence-corrected chi connectivity index (χ1v) is 12.3. The molecule has 0 aliphatic heterocycles. The second-order valence-corrected chi connectivity index (χ2v) is 9.39. The largest absolute Gasteiger partial charge is 0.479 e. The molecule has 8 nitrogen and oxygen atoms in total. The van der Waals surface area contributed by atoms with E-state index in [1.165, 1.54) is 19.4 Å². The van der Waals surface area contributed by atoms with Crippen LogP contribution in [0, 0.1) is 5.92 Å². The van der Waals surface area contributed by atoms with E-state index in [0.29, 0.717) is 22.0 Å². The van der Waals surface area contributed by atoms with Gasteiger partial charge in [0.2, 0.25) is 5.91 Å². The van der Waals surface area contributed by atoms with Crippen LogP contribution in [0.15, 0.2) is 42.5 Å². The van der Waals surface area contributed by atoms with Gasteiger partial charge < -0.3 is 10.1 Å². The lowest BCUT2D eigenvalue weighted by atomic mass is 9.88. The summed E-state index contributed by atoms with van der Waals surface area (Å²) in [7, 11) is 0. The number of hydrogen-bond acceptors (Lipinski definition) is 5. The summed E-state index contributed by atoms with van der Waals surface area (Å²) >= 11 is 17.0. The van der Waals surface area contributed by atoms with Gasteiger partial charge in [0.05, 0.1) is 5.02 Å². The normalized spacial score (nSPS) is 14.4. The molecule has 2 aromatic carbocycles. The number of nitrogens with one attached hydrogen (secondary N) is 4. The van der Waals surface area contributed by atoms with E-state index in [-0.39, 0.29) is 22.0 Å². The number of anilines is 1. The van der Waals surface area contributed by atoms with E-state index >= 15 is 0 Å². The van der Waals surface area contributed by atoms with Crippen molar-refractivity contribution >= 4 is 63.9 Å². The molecule has 4 N–H and O–H groups in total. The van der Waals surface area contributed by atoms with Crippen LogP contribution in [0.5, 0.6) is 5.75 Å². The van der Waals surface area contributed by atoms with E-state index < -0.39 is 17.9 Å². The molecule has 0 aromatic heterocycles. The lowest BCUT2D eigenvalue weighted by Gasteiger charge is -2.20. The molecule has 0 saturated heterocycles. The zero-order chi connectivity index (χ0) is 25.4. The Kier molecular flexibility index (Phi) is 9.71. The lowest BCUT2D eigenvalue weighted by Crippen LogP contribution is -2.51. The van der Waals surface area contributed by atoms with Crippen LogP contribution in [0.3, 0.4) is 0 Å². The summed E-state index contributed by atoms with van der Waals surface area (Å²) in [4.78, 5) is 37.0. The molecule has 0 radical (unpaired) electrons. The van der Waals surface area contributed by atoms with E-state index in [1.54, 1.807) is 36.4 Å². The molecule has 186 valence electrons. The molecule has 3 rings (SSSR count). The Balaban J connectivity index is 1.43. The van der Waals surface area contributed by atoms with Crippen LogP contribution < -0.4 is 26.2 Å². The number of ether oxygens (including phenoxy) is 1. The first kappa shape index (κ1) is 26.7. The molecule has 0 bridgehead atoms. The fraction of sp³-hybridized carbons (Fsp3) is 0.333. The molecule has 3 amide bonds. The van der Waals surface area contributed by atoms with Crippen LogP contribution >= 0.6 is 35.4 Å². The highest BCUT2D eigenvalue weighted by atomic mass is 35.5. The predicted octanol–water partition coefficient (Wildman–Crippen LogP) is 4.62. The Hall–Kier alpha value is -2.88. The Labute approximate surface area is 219 Å². The topological polar surface area (TPSA) is 109 Å². The van der Waals surface area contributed by atoms with Crippen LogP contribution in [0.25, 0.3) is 0 Å². The average Bonchev–Trinajstić information content (AvgIpc) is 2.85. The molecule has 1 fully saturated rings. The average molecular weight is 537 g/mol. The fourth-order valence-corrected chi connectivity index (χ4v) is 4.16. The van der Waals surface area contributed by atoms with Crippen LogP contribution in [0.4, 0.5) is 5.69 Å². The number of carbonyl (C=O) groups is 3. The van der Waals surface area contributed by atoms with E-state index in [4.69, 9.17) is 40.2 Å². The summed E-state index contributed by atoms with van der Waals surface area (Å²) in [5.74, 6) is -0.654. The molecule has 0 heterocycles. The van der Waals surface area contributed by atoms with Crippen LogP contribution in [-0.4, -0.2) is 28.9 Å². The minimum atomic E-state index is -0.916. The zero-order valence-electron chi connectivity index (χ0n) is 19.0. The lowest BCUT2D eigenvalue weighted by molar-refractivity contribution is -0.125. The van der Waals surface area contributed by atoms with Gasteiger partial charge in [0.15, 0.2) is 11.2 Å². The number of halogens is 2. The van der Waals surface area contributed by atoms with Gasteiger partial charge >= 0.3 is 0 Å². The van der Waals surface area contributed by atoms with E-state index in [2.05, 4.69) is 21.5 Å². The van der Waals surface area contributed by atoms with Crippen molar-refractivity contribution in [3.8, 4) is 5.75 Å². The van der Waals surface area contributed by atoms with Gasteiger partial charge in [-0.3, -0.25) is 30.6 Å². The molecule has 1 aliphatic carbocycles. The van der Waals surface area contributed by atoms with Crippen molar-refractivity contribution < 1.29 is 19.1 Å². The molecular formula is C24H26Cl2N4O4S. The third-order valence-corrected chi connectivity index (χ3v) is 6.22. The molecule has 1 saturated carbocycles. The van der Waals surface area contributed by atoms with Gasteiger partial charge in [-0.25, -0.2) is 0 Å². The van der Waals surface area contributed by atoms with Crippen molar-refractivity contribution in [2.75, 3.05) is 5.32 Å². The minimum Gasteiger partial charge on any atom is -0.479 e. The van der Waals surface area contributed by atoms with E-state index in [1.807, 2.05) is 0 Å². The number of benzene rings is 2. The van der Waals surface area contributed by atoms with Gasteiger partial charge in [0.25, 0.3) is 11.8 Å². The van der Waals surface area contributed by atoms with Crippen molar-refractivity contribution in [3.63, 3.8) is 0 Å². The molecular weight excluding hydrogens is 511 g/mol. The van der Waals surface area contributed by atoms with Crippen molar-refractivity contribution in [3.05, 3.63) is 58.1 Å². The second kappa shape index (κ2) is 12.7.